The quantitative estimate of drug-likeness (QED) is 0.582. The van der Waals surface area contributed by atoms with Crippen molar-refractivity contribution in [2.45, 2.75) is 45.6 Å². The van der Waals surface area contributed by atoms with Gasteiger partial charge in [0.25, 0.3) is 0 Å². The fourth-order valence-corrected chi connectivity index (χ4v) is 4.68. The summed E-state index contributed by atoms with van der Waals surface area (Å²) in [6.45, 7) is 7.47. The maximum atomic E-state index is 12.9. The summed E-state index contributed by atoms with van der Waals surface area (Å²) in [5, 5.41) is 0.622. The van der Waals surface area contributed by atoms with Crippen LogP contribution in [0, 0.1) is 13.8 Å². The molecule has 1 amide bonds. The Hall–Kier alpha value is -2.79. The number of rotatable bonds is 4. The second-order valence-electron chi connectivity index (χ2n) is 8.55. The monoisotopic (exact) mass is 453 g/mol. The second-order valence-corrected chi connectivity index (χ2v) is 8.93. The fraction of sp³-hybridized carbons (Fsp3) is 0.385. The van der Waals surface area contributed by atoms with Crippen LogP contribution in [-0.4, -0.2) is 41.9 Å². The first-order valence-electron chi connectivity index (χ1n) is 11.0. The molecule has 5 nitrogen and oxygen atoms in total. The zero-order valence-corrected chi connectivity index (χ0v) is 19.5. The minimum absolute atomic E-state index is 0.0326. The third kappa shape index (κ3) is 4.40. The minimum Gasteiger partial charge on any atom is -0.494 e. The maximum Gasteiger partial charge on any atom is 0.246 e. The van der Waals surface area contributed by atoms with Gasteiger partial charge >= 0.3 is 0 Å². The molecule has 32 heavy (non-hydrogen) atoms. The van der Waals surface area contributed by atoms with Crippen LogP contribution in [0.5, 0.6) is 11.5 Å². The lowest BCUT2D eigenvalue weighted by molar-refractivity contribution is -0.129. The second kappa shape index (κ2) is 8.99. The third-order valence-corrected chi connectivity index (χ3v) is 6.91. The number of aryl methyl sites for hydroxylation is 1. The number of piperidine rings is 1. The van der Waals surface area contributed by atoms with E-state index in [4.69, 9.17) is 21.1 Å². The molecule has 0 radical (unpaired) electrons. The molecule has 4 rings (SSSR count). The average Bonchev–Trinajstić information content (AvgIpc) is 2.77. The van der Waals surface area contributed by atoms with Crippen LogP contribution in [0.25, 0.3) is 6.08 Å². The Kier molecular flexibility index (Phi) is 6.29. The first-order valence-corrected chi connectivity index (χ1v) is 11.4. The Morgan fingerprint density at radius 1 is 1.22 bits per heavy atom. The van der Waals surface area contributed by atoms with Gasteiger partial charge in [0, 0.05) is 37.0 Å². The van der Waals surface area contributed by atoms with Crippen LogP contribution in [-0.2, 0) is 4.79 Å². The Balaban J connectivity index is 1.40. The molecule has 0 bridgehead atoms. The van der Waals surface area contributed by atoms with Gasteiger partial charge in [-0.15, -0.1) is 0 Å². The highest BCUT2D eigenvalue weighted by atomic mass is 35.5. The molecular formula is C26H28ClNO4. The maximum absolute atomic E-state index is 12.9. The number of ketones is 1. The number of likely N-dealkylation sites (tertiary alicyclic amines) is 1. The Bertz CT molecular complexity index is 1070. The van der Waals surface area contributed by atoms with E-state index in [-0.39, 0.29) is 11.7 Å². The van der Waals surface area contributed by atoms with E-state index in [1.54, 1.807) is 6.08 Å². The van der Waals surface area contributed by atoms with Gasteiger partial charge in [-0.25, -0.2) is 0 Å². The van der Waals surface area contributed by atoms with Gasteiger partial charge in [0.2, 0.25) is 5.91 Å². The van der Waals surface area contributed by atoms with Crippen molar-refractivity contribution in [3.05, 3.63) is 63.7 Å². The molecule has 1 saturated heterocycles. The Morgan fingerprint density at radius 3 is 2.56 bits per heavy atom. The highest BCUT2D eigenvalue weighted by molar-refractivity contribution is 6.32. The predicted molar refractivity (Wildman–Crippen MR) is 126 cm³/mol. The van der Waals surface area contributed by atoms with Gasteiger partial charge in [0.05, 0.1) is 18.6 Å². The van der Waals surface area contributed by atoms with Gasteiger partial charge in [0.1, 0.15) is 17.1 Å². The Labute approximate surface area is 194 Å². The van der Waals surface area contributed by atoms with Crippen molar-refractivity contribution in [3.63, 3.8) is 0 Å². The van der Waals surface area contributed by atoms with E-state index >= 15 is 0 Å². The van der Waals surface area contributed by atoms with Crippen molar-refractivity contribution in [2.24, 2.45) is 0 Å². The van der Waals surface area contributed by atoms with Crippen molar-refractivity contribution in [2.75, 3.05) is 19.7 Å². The highest BCUT2D eigenvalue weighted by Crippen LogP contribution is 2.43. The molecule has 2 aliphatic heterocycles. The van der Waals surface area contributed by atoms with E-state index in [1.807, 2.05) is 62.1 Å². The van der Waals surface area contributed by atoms with Crippen molar-refractivity contribution >= 4 is 29.4 Å². The molecule has 0 unspecified atom stereocenters. The van der Waals surface area contributed by atoms with Crippen molar-refractivity contribution in [1.29, 1.82) is 0 Å². The third-order valence-electron chi connectivity index (χ3n) is 6.33. The number of fused-ring (bicyclic) bond motifs is 1. The van der Waals surface area contributed by atoms with E-state index in [2.05, 4.69) is 0 Å². The summed E-state index contributed by atoms with van der Waals surface area (Å²) in [6.07, 6.45) is 4.99. The van der Waals surface area contributed by atoms with Crippen molar-refractivity contribution < 1.29 is 19.1 Å². The molecule has 168 valence electrons. The summed E-state index contributed by atoms with van der Waals surface area (Å²) >= 11 is 6.34. The van der Waals surface area contributed by atoms with Crippen LogP contribution in [0.1, 0.15) is 53.2 Å². The van der Waals surface area contributed by atoms with Gasteiger partial charge in [0.15, 0.2) is 5.78 Å². The number of amides is 1. The molecule has 0 saturated carbocycles. The van der Waals surface area contributed by atoms with E-state index in [9.17, 15) is 9.59 Å². The number of carbonyl (C=O) groups is 2. The topological polar surface area (TPSA) is 55.8 Å². The van der Waals surface area contributed by atoms with Gasteiger partial charge in [-0.3, -0.25) is 9.59 Å². The lowest BCUT2D eigenvalue weighted by Gasteiger charge is -2.44. The van der Waals surface area contributed by atoms with Crippen LogP contribution in [0.15, 0.2) is 36.4 Å². The molecule has 0 aromatic heterocycles. The number of benzene rings is 2. The van der Waals surface area contributed by atoms with Gasteiger partial charge in [-0.1, -0.05) is 23.7 Å². The van der Waals surface area contributed by atoms with Crippen molar-refractivity contribution in [3.8, 4) is 11.5 Å². The lowest BCUT2D eigenvalue weighted by Crippen LogP contribution is -2.52. The van der Waals surface area contributed by atoms with Crippen LogP contribution in [0.4, 0.5) is 0 Å². The molecule has 1 fully saturated rings. The number of ether oxygens (including phenoxy) is 2. The van der Waals surface area contributed by atoms with Gasteiger partial charge in [-0.05, 0) is 61.7 Å². The van der Waals surface area contributed by atoms with E-state index in [1.165, 1.54) is 0 Å². The Morgan fingerprint density at radius 2 is 1.91 bits per heavy atom. The largest absolute Gasteiger partial charge is 0.494 e. The van der Waals surface area contributed by atoms with Crippen molar-refractivity contribution in [1.82, 2.24) is 4.90 Å². The number of Topliss-reactive ketones (excluding diaryl/α,β-unsaturated/α-hetero) is 1. The zero-order valence-electron chi connectivity index (χ0n) is 18.7. The van der Waals surface area contributed by atoms with E-state index < -0.39 is 5.60 Å². The summed E-state index contributed by atoms with van der Waals surface area (Å²) in [5.41, 5.74) is 2.68. The summed E-state index contributed by atoms with van der Waals surface area (Å²) < 4.78 is 11.8. The summed E-state index contributed by atoms with van der Waals surface area (Å²) in [6, 6.07) is 9.50. The number of halogens is 1. The molecule has 2 aliphatic rings. The molecule has 2 aromatic carbocycles. The summed E-state index contributed by atoms with van der Waals surface area (Å²) in [7, 11) is 0. The summed E-state index contributed by atoms with van der Waals surface area (Å²) in [5.74, 6) is 1.47. The molecule has 1 spiro atoms. The lowest BCUT2D eigenvalue weighted by atomic mass is 9.81. The smallest absolute Gasteiger partial charge is 0.246 e. The van der Waals surface area contributed by atoms with E-state index in [0.717, 1.165) is 22.4 Å². The normalized spacial score (nSPS) is 17.4. The molecule has 2 aromatic rings. The first-order chi connectivity index (χ1) is 15.3. The number of hydrogen-bond donors (Lipinski definition) is 0. The predicted octanol–water partition coefficient (Wildman–Crippen LogP) is 5.40. The van der Waals surface area contributed by atoms with Crippen LogP contribution < -0.4 is 9.47 Å². The highest BCUT2D eigenvalue weighted by Gasteiger charge is 2.44. The molecule has 0 atom stereocenters. The van der Waals surface area contributed by atoms with Crippen LogP contribution in [0.2, 0.25) is 5.02 Å². The first kappa shape index (κ1) is 22.4. The standard InChI is InChI=1S/C26H28ClNO4/c1-4-31-20-8-5-19(6-9-20)7-10-23(30)28-13-11-26(12-14-28)16-21(29)24-18(3)25(27)17(2)15-22(24)32-26/h5-10,15H,4,11-14,16H2,1-3H3/b10-7+. The van der Waals surface area contributed by atoms with E-state index in [0.29, 0.717) is 55.3 Å². The van der Waals surface area contributed by atoms with Gasteiger partial charge in [-0.2, -0.15) is 0 Å². The number of hydrogen-bond acceptors (Lipinski definition) is 4. The molecule has 0 aliphatic carbocycles. The molecule has 0 N–H and O–H groups in total. The number of carbonyl (C=O) groups excluding carboxylic acids is 2. The molecular weight excluding hydrogens is 426 g/mol. The fourth-order valence-electron chi connectivity index (χ4n) is 4.53. The van der Waals surface area contributed by atoms with Gasteiger partial charge < -0.3 is 14.4 Å². The zero-order chi connectivity index (χ0) is 22.9. The summed E-state index contributed by atoms with van der Waals surface area (Å²) in [4.78, 5) is 27.5. The average molecular weight is 454 g/mol. The SMILES string of the molecule is CCOc1ccc(/C=C/C(=O)N2CCC3(CC2)CC(=O)c2c(cc(C)c(Cl)c2C)O3)cc1. The minimum atomic E-state index is -0.549. The van der Waals surface area contributed by atoms with Crippen LogP contribution in [0.3, 0.4) is 0 Å². The molecule has 6 heteroatoms. The van der Waals surface area contributed by atoms with Crippen LogP contribution >= 0.6 is 11.6 Å². The molecule has 2 heterocycles. The number of nitrogens with zero attached hydrogens (tertiary/aromatic N) is 1.